The van der Waals surface area contributed by atoms with Crippen molar-refractivity contribution in [1.82, 2.24) is 4.98 Å². The van der Waals surface area contributed by atoms with E-state index < -0.39 is 10.0 Å². The highest BCUT2D eigenvalue weighted by Crippen LogP contribution is 2.14. The van der Waals surface area contributed by atoms with Crippen LogP contribution in [0.3, 0.4) is 0 Å². The summed E-state index contributed by atoms with van der Waals surface area (Å²) in [6, 6.07) is 1.41. The van der Waals surface area contributed by atoms with E-state index in [1.807, 2.05) is 0 Å². The third kappa shape index (κ3) is 2.81. The summed E-state index contributed by atoms with van der Waals surface area (Å²) < 4.78 is 24.0. The lowest BCUT2D eigenvalue weighted by atomic mass is 10.2. The first kappa shape index (κ1) is 10.6. The molecule has 0 unspecified atom stereocenters. The summed E-state index contributed by atoms with van der Waals surface area (Å²) in [4.78, 5) is 14.7. The zero-order valence-corrected chi connectivity index (χ0v) is 8.55. The Morgan fingerprint density at radius 2 is 2.21 bits per heavy atom. The number of ketones is 1. The van der Waals surface area contributed by atoms with Gasteiger partial charge in [0.15, 0.2) is 5.78 Å². The molecule has 0 aliphatic rings. The normalized spacial score (nSPS) is 11.0. The van der Waals surface area contributed by atoms with Crippen molar-refractivity contribution in [1.29, 1.82) is 0 Å². The van der Waals surface area contributed by atoms with E-state index >= 15 is 0 Å². The smallest absolute Gasteiger partial charge is 0.229 e. The molecule has 1 N–H and O–H groups in total. The second-order valence-corrected chi connectivity index (χ2v) is 4.52. The van der Waals surface area contributed by atoms with E-state index in [4.69, 9.17) is 0 Å². The molecule has 1 heterocycles. The topological polar surface area (TPSA) is 76.1 Å². The number of nitrogens with one attached hydrogen (secondary N) is 1. The molecule has 0 atom stereocenters. The lowest BCUT2D eigenvalue weighted by Crippen LogP contribution is -2.12. The van der Waals surface area contributed by atoms with Crippen LogP contribution >= 0.6 is 0 Å². The molecule has 1 aromatic rings. The molecule has 0 amide bonds. The van der Waals surface area contributed by atoms with E-state index in [9.17, 15) is 13.2 Å². The lowest BCUT2D eigenvalue weighted by molar-refractivity contribution is 0.101. The first-order valence-corrected chi connectivity index (χ1v) is 5.65. The van der Waals surface area contributed by atoms with Gasteiger partial charge in [-0.15, -0.1) is 0 Å². The average Bonchev–Trinajstić information content (AvgIpc) is 2.01. The van der Waals surface area contributed by atoms with Crippen LogP contribution in [0.15, 0.2) is 12.3 Å². The summed E-state index contributed by atoms with van der Waals surface area (Å²) in [6.07, 6.45) is 4.80. The molecule has 6 heteroatoms. The fraction of sp³-hybridized carbons (Fsp3) is 0.250. The van der Waals surface area contributed by atoms with Gasteiger partial charge in [0.1, 0.15) is 6.20 Å². The maximum atomic E-state index is 11.0. The molecule has 0 aromatic carbocycles. The summed E-state index contributed by atoms with van der Waals surface area (Å²) in [6.45, 7) is 1.32. The highest BCUT2D eigenvalue weighted by atomic mass is 32.2. The van der Waals surface area contributed by atoms with E-state index in [2.05, 4.69) is 15.9 Å². The van der Waals surface area contributed by atoms with Gasteiger partial charge < -0.3 is 0 Å². The number of rotatable bonds is 3. The van der Waals surface area contributed by atoms with Crippen LogP contribution in [0, 0.1) is 6.20 Å². The van der Waals surface area contributed by atoms with Crippen molar-refractivity contribution >= 4 is 21.5 Å². The Labute approximate surface area is 82.2 Å². The predicted molar refractivity (Wildman–Crippen MR) is 51.5 cm³/mol. The Morgan fingerprint density at radius 3 is 2.71 bits per heavy atom. The maximum absolute atomic E-state index is 11.0. The van der Waals surface area contributed by atoms with Gasteiger partial charge in [-0.2, -0.15) is 0 Å². The Hall–Kier alpha value is -1.43. The van der Waals surface area contributed by atoms with Crippen molar-refractivity contribution in [3.63, 3.8) is 0 Å². The van der Waals surface area contributed by atoms with Gasteiger partial charge in [-0.3, -0.25) is 14.5 Å². The van der Waals surface area contributed by atoms with Crippen LogP contribution in [-0.2, 0) is 10.0 Å². The van der Waals surface area contributed by atoms with Gasteiger partial charge in [0.2, 0.25) is 10.0 Å². The number of nitrogens with zero attached hydrogens (tertiary/aromatic N) is 1. The van der Waals surface area contributed by atoms with Crippen LogP contribution in [0.4, 0.5) is 5.69 Å². The lowest BCUT2D eigenvalue weighted by Gasteiger charge is -2.06. The summed E-state index contributed by atoms with van der Waals surface area (Å²) in [5.74, 6) is -0.288. The molecule has 0 fully saturated rings. The number of carbonyl (C=O) groups is 1. The molecule has 1 aromatic heterocycles. The SMILES string of the molecule is CC(=O)c1[c]nccc1NS(C)(=O)=O. The Bertz CT molecular complexity index is 453. The number of anilines is 1. The monoisotopic (exact) mass is 213 g/mol. The minimum atomic E-state index is -3.38. The van der Waals surface area contributed by atoms with Crippen molar-refractivity contribution in [3.05, 3.63) is 24.0 Å². The molecule has 0 saturated carbocycles. The van der Waals surface area contributed by atoms with Crippen LogP contribution in [0.25, 0.3) is 0 Å². The third-order valence-electron chi connectivity index (χ3n) is 1.41. The van der Waals surface area contributed by atoms with Gasteiger partial charge >= 0.3 is 0 Å². The van der Waals surface area contributed by atoms with E-state index in [0.29, 0.717) is 0 Å². The second kappa shape index (κ2) is 3.75. The molecule has 75 valence electrons. The molecule has 0 aliphatic heterocycles. The molecule has 1 radical (unpaired) electrons. The molecule has 0 bridgehead atoms. The van der Waals surface area contributed by atoms with E-state index in [-0.39, 0.29) is 17.0 Å². The van der Waals surface area contributed by atoms with Gasteiger partial charge in [-0.25, -0.2) is 8.42 Å². The first-order chi connectivity index (χ1) is 6.40. The van der Waals surface area contributed by atoms with E-state index in [1.54, 1.807) is 0 Å². The summed E-state index contributed by atoms with van der Waals surface area (Å²) >= 11 is 0. The number of aromatic nitrogens is 1. The van der Waals surface area contributed by atoms with Crippen molar-refractivity contribution < 1.29 is 13.2 Å². The second-order valence-electron chi connectivity index (χ2n) is 2.78. The number of sulfonamides is 1. The number of hydrogen-bond acceptors (Lipinski definition) is 4. The van der Waals surface area contributed by atoms with Gasteiger partial charge in [-0.1, -0.05) is 0 Å². The van der Waals surface area contributed by atoms with E-state index in [1.165, 1.54) is 19.2 Å². The molecule has 1 rings (SSSR count). The molecule has 14 heavy (non-hydrogen) atoms. The number of hydrogen-bond donors (Lipinski definition) is 1. The number of Topliss-reactive ketones (excluding diaryl/α,β-unsaturated/α-hetero) is 1. The van der Waals surface area contributed by atoms with Crippen LogP contribution < -0.4 is 4.72 Å². The third-order valence-corrected chi connectivity index (χ3v) is 2.00. The van der Waals surface area contributed by atoms with Gasteiger partial charge in [0.05, 0.1) is 17.5 Å². The standard InChI is InChI=1S/C8H9N2O3S/c1-6(11)7-5-9-4-3-8(7)10-14(2,12)13/h3-4H,1-2H3,(H,9,10). The summed E-state index contributed by atoms with van der Waals surface area (Å²) in [7, 11) is -3.38. The van der Waals surface area contributed by atoms with Crippen molar-refractivity contribution in [2.45, 2.75) is 6.92 Å². The van der Waals surface area contributed by atoms with Crippen LogP contribution in [-0.4, -0.2) is 25.4 Å². The molecule has 0 spiro atoms. The quantitative estimate of drug-likeness (QED) is 0.740. The zero-order valence-electron chi connectivity index (χ0n) is 7.73. The Kier molecular flexibility index (Phi) is 2.85. The summed E-state index contributed by atoms with van der Waals surface area (Å²) in [5.41, 5.74) is 0.341. The summed E-state index contributed by atoms with van der Waals surface area (Å²) in [5, 5.41) is 0. The molecule has 5 nitrogen and oxygen atoms in total. The average molecular weight is 213 g/mol. The molecule has 0 aliphatic carbocycles. The predicted octanol–water partition coefficient (Wildman–Crippen LogP) is 0.456. The molecular formula is C8H9N2O3S. The van der Waals surface area contributed by atoms with Gasteiger partial charge in [0, 0.05) is 6.20 Å². The largest absolute Gasteiger partial charge is 0.294 e. The zero-order chi connectivity index (χ0) is 10.8. The minimum absolute atomic E-state index is 0.137. The fourth-order valence-corrected chi connectivity index (χ4v) is 1.48. The van der Waals surface area contributed by atoms with Gasteiger partial charge in [-0.05, 0) is 13.0 Å². The van der Waals surface area contributed by atoms with Crippen LogP contribution in [0.2, 0.25) is 0 Å². The Morgan fingerprint density at radius 1 is 1.57 bits per heavy atom. The highest BCUT2D eigenvalue weighted by molar-refractivity contribution is 7.92. The maximum Gasteiger partial charge on any atom is 0.229 e. The van der Waals surface area contributed by atoms with E-state index in [0.717, 1.165) is 6.26 Å². The highest BCUT2D eigenvalue weighted by Gasteiger charge is 2.10. The number of carbonyl (C=O) groups excluding carboxylic acids is 1. The van der Waals surface area contributed by atoms with Crippen molar-refractivity contribution in [2.75, 3.05) is 11.0 Å². The van der Waals surface area contributed by atoms with Crippen molar-refractivity contribution in [2.24, 2.45) is 0 Å². The first-order valence-electron chi connectivity index (χ1n) is 3.75. The van der Waals surface area contributed by atoms with Crippen LogP contribution in [0.5, 0.6) is 0 Å². The molecule has 0 saturated heterocycles. The fourth-order valence-electron chi connectivity index (χ4n) is 0.910. The van der Waals surface area contributed by atoms with Crippen LogP contribution in [0.1, 0.15) is 17.3 Å². The number of pyridine rings is 1. The van der Waals surface area contributed by atoms with Gasteiger partial charge in [0.25, 0.3) is 0 Å². The minimum Gasteiger partial charge on any atom is -0.294 e. The van der Waals surface area contributed by atoms with Crippen molar-refractivity contribution in [3.8, 4) is 0 Å². The molecular weight excluding hydrogens is 204 g/mol. The Balaban J connectivity index is 3.15.